The molecule has 0 saturated carbocycles. The van der Waals surface area contributed by atoms with E-state index in [2.05, 4.69) is 10.3 Å². The van der Waals surface area contributed by atoms with Gasteiger partial charge in [0.2, 0.25) is 0 Å². The zero-order valence-electron chi connectivity index (χ0n) is 19.9. The molecule has 0 bridgehead atoms. The van der Waals surface area contributed by atoms with E-state index in [-0.39, 0.29) is 11.5 Å². The molecule has 0 amide bonds. The second-order valence-electron chi connectivity index (χ2n) is 8.87. The number of benzene rings is 2. The number of fused-ring (bicyclic) bond motifs is 2. The maximum atomic E-state index is 13.3. The summed E-state index contributed by atoms with van der Waals surface area (Å²) in [6.45, 7) is 7.62. The van der Waals surface area contributed by atoms with Crippen LogP contribution in [-0.2, 0) is 0 Å². The molecule has 7 heteroatoms. The first kappa shape index (κ1) is 22.4. The van der Waals surface area contributed by atoms with E-state index in [1.165, 1.54) is 4.57 Å². The number of aryl methyl sites for hydroxylation is 2. The summed E-state index contributed by atoms with van der Waals surface area (Å²) in [5.41, 5.74) is 5.81. The van der Waals surface area contributed by atoms with Crippen molar-refractivity contribution >= 4 is 33.7 Å². The van der Waals surface area contributed by atoms with E-state index in [1.807, 2.05) is 57.2 Å². The van der Waals surface area contributed by atoms with Crippen LogP contribution >= 0.6 is 0 Å². The van der Waals surface area contributed by atoms with Gasteiger partial charge in [0.25, 0.3) is 0 Å². The summed E-state index contributed by atoms with van der Waals surface area (Å²) in [5, 5.41) is 14.5. The maximum absolute atomic E-state index is 13.3. The number of anilines is 1. The molecule has 7 nitrogen and oxygen atoms in total. The molecule has 0 spiro atoms. The second kappa shape index (κ2) is 8.43. The third-order valence-corrected chi connectivity index (χ3v) is 6.47. The lowest BCUT2D eigenvalue weighted by molar-refractivity contribution is 0.197. The van der Waals surface area contributed by atoms with E-state index in [0.717, 1.165) is 33.3 Å². The van der Waals surface area contributed by atoms with Crippen LogP contribution in [0.25, 0.3) is 33.2 Å². The van der Waals surface area contributed by atoms with Gasteiger partial charge in [0.05, 0.1) is 16.9 Å². The van der Waals surface area contributed by atoms with Gasteiger partial charge >= 0.3 is 6.09 Å². The summed E-state index contributed by atoms with van der Waals surface area (Å²) in [4.78, 5) is 29.2. The van der Waals surface area contributed by atoms with Gasteiger partial charge in [-0.15, -0.1) is 0 Å². The van der Waals surface area contributed by atoms with E-state index >= 15 is 0 Å². The van der Waals surface area contributed by atoms with E-state index in [0.29, 0.717) is 27.8 Å². The third kappa shape index (κ3) is 3.75. The fourth-order valence-electron chi connectivity index (χ4n) is 4.69. The monoisotopic (exact) mass is 467 g/mol. The Bertz CT molecular complexity index is 1670. The van der Waals surface area contributed by atoms with Gasteiger partial charge in [0.1, 0.15) is 11.3 Å². The summed E-state index contributed by atoms with van der Waals surface area (Å²) in [7, 11) is 0. The van der Waals surface area contributed by atoms with Gasteiger partial charge in [0.15, 0.2) is 5.43 Å². The molecule has 5 rings (SSSR count). The Balaban J connectivity index is 1.65. The summed E-state index contributed by atoms with van der Waals surface area (Å²) >= 11 is 0. The first-order valence-corrected chi connectivity index (χ1v) is 11.3. The van der Waals surface area contributed by atoms with Gasteiger partial charge in [-0.3, -0.25) is 14.3 Å². The fraction of sp³-hybridized carbons (Fsp3) is 0.179. The minimum absolute atomic E-state index is 0.0702. The van der Waals surface area contributed by atoms with Gasteiger partial charge in [-0.05, 0) is 69.2 Å². The Morgan fingerprint density at radius 3 is 2.63 bits per heavy atom. The lowest BCUT2D eigenvalue weighted by Crippen LogP contribution is -2.13. The fourth-order valence-corrected chi connectivity index (χ4v) is 4.69. The van der Waals surface area contributed by atoms with E-state index in [4.69, 9.17) is 4.42 Å². The van der Waals surface area contributed by atoms with Crippen LogP contribution in [0.3, 0.4) is 0 Å². The highest BCUT2D eigenvalue weighted by Crippen LogP contribution is 2.34. The van der Waals surface area contributed by atoms with Crippen LogP contribution in [0.1, 0.15) is 35.2 Å². The topological polar surface area (TPSA) is 97.4 Å². The molecule has 176 valence electrons. The molecule has 0 radical (unpaired) electrons. The van der Waals surface area contributed by atoms with Gasteiger partial charge in [-0.1, -0.05) is 12.1 Å². The number of nitrogens with zero attached hydrogens (tertiary/aromatic N) is 2. The van der Waals surface area contributed by atoms with Crippen LogP contribution < -0.4 is 10.7 Å². The Kier molecular flexibility index (Phi) is 5.40. The number of pyridine rings is 1. The number of carbonyl (C=O) groups is 1. The van der Waals surface area contributed by atoms with Gasteiger partial charge in [-0.25, -0.2) is 4.79 Å². The minimum Gasteiger partial charge on any atom is -0.464 e. The van der Waals surface area contributed by atoms with Crippen molar-refractivity contribution in [3.8, 4) is 11.3 Å². The molecule has 0 aliphatic rings. The van der Waals surface area contributed by atoms with Crippen molar-refractivity contribution in [3.05, 3.63) is 93.5 Å². The molecule has 0 aliphatic heterocycles. The van der Waals surface area contributed by atoms with Crippen molar-refractivity contribution in [2.45, 2.75) is 33.7 Å². The zero-order valence-corrected chi connectivity index (χ0v) is 19.9. The predicted molar refractivity (Wildman–Crippen MR) is 137 cm³/mol. The zero-order chi connectivity index (χ0) is 24.9. The smallest absolute Gasteiger partial charge is 0.416 e. The van der Waals surface area contributed by atoms with Crippen LogP contribution in [0.5, 0.6) is 0 Å². The quantitative estimate of drug-likeness (QED) is 0.316. The van der Waals surface area contributed by atoms with E-state index in [1.54, 1.807) is 31.6 Å². The SMILES string of the molecule is Cc1cc([C@@H](C)Nc2ccc3ccn(C(=O)O)c3c2C)c2oc(-c3cccnc3)c(C)c(=O)c2c1. The number of hydrogen-bond acceptors (Lipinski definition) is 5. The average Bonchev–Trinajstić information content (AvgIpc) is 3.29. The molecule has 0 fully saturated rings. The normalized spacial score (nSPS) is 12.2. The average molecular weight is 468 g/mol. The van der Waals surface area contributed by atoms with Crippen molar-refractivity contribution < 1.29 is 14.3 Å². The standard InChI is InChI=1S/C28H25N3O4/c1-15-12-21(18(4)30-23-8-7-19-9-11-31(28(33)34)24(19)16(23)2)27-22(13-15)25(32)17(3)26(35-27)20-6-5-10-29-14-20/h5-14,18,30H,1-4H3,(H,33,34)/t18-/m1/s1. The Morgan fingerprint density at radius 1 is 1.11 bits per heavy atom. The van der Waals surface area contributed by atoms with Crippen LogP contribution in [-0.4, -0.2) is 20.8 Å². The summed E-state index contributed by atoms with van der Waals surface area (Å²) in [5.74, 6) is 0.504. The highest BCUT2D eigenvalue weighted by atomic mass is 16.4. The molecule has 0 unspecified atom stereocenters. The minimum atomic E-state index is -1.03. The number of rotatable bonds is 4. The Morgan fingerprint density at radius 2 is 1.91 bits per heavy atom. The third-order valence-electron chi connectivity index (χ3n) is 6.47. The van der Waals surface area contributed by atoms with Gasteiger partial charge < -0.3 is 14.8 Å². The van der Waals surface area contributed by atoms with Crippen molar-refractivity contribution in [2.75, 3.05) is 5.32 Å². The molecule has 2 aromatic carbocycles. The lowest BCUT2D eigenvalue weighted by Gasteiger charge is -2.20. The largest absolute Gasteiger partial charge is 0.464 e. The highest BCUT2D eigenvalue weighted by molar-refractivity contribution is 5.94. The Hall–Kier alpha value is -4.39. The molecular weight excluding hydrogens is 442 g/mol. The van der Waals surface area contributed by atoms with Gasteiger partial charge in [0, 0.05) is 46.4 Å². The molecular formula is C28H25N3O4. The molecule has 5 aromatic rings. The van der Waals surface area contributed by atoms with Gasteiger partial charge in [-0.2, -0.15) is 0 Å². The summed E-state index contributed by atoms with van der Waals surface area (Å²) < 4.78 is 7.61. The van der Waals surface area contributed by atoms with Crippen LogP contribution in [0.15, 0.2) is 70.3 Å². The number of hydrogen-bond donors (Lipinski definition) is 2. The maximum Gasteiger partial charge on any atom is 0.416 e. The first-order valence-electron chi connectivity index (χ1n) is 11.3. The van der Waals surface area contributed by atoms with Crippen LogP contribution in [0, 0.1) is 20.8 Å². The highest BCUT2D eigenvalue weighted by Gasteiger charge is 2.20. The van der Waals surface area contributed by atoms with Crippen molar-refractivity contribution in [1.29, 1.82) is 0 Å². The molecule has 0 aliphatic carbocycles. The first-order chi connectivity index (χ1) is 16.8. The number of carboxylic acid groups (broad SMARTS) is 1. The molecule has 2 N–H and O–H groups in total. The summed E-state index contributed by atoms with van der Waals surface area (Å²) in [6, 6.07) is 13.0. The molecule has 3 aromatic heterocycles. The van der Waals surface area contributed by atoms with Crippen molar-refractivity contribution in [2.24, 2.45) is 0 Å². The predicted octanol–water partition coefficient (Wildman–Crippen LogP) is 6.43. The van der Waals surface area contributed by atoms with E-state index in [9.17, 15) is 14.7 Å². The second-order valence-corrected chi connectivity index (χ2v) is 8.87. The van der Waals surface area contributed by atoms with Crippen molar-refractivity contribution in [3.63, 3.8) is 0 Å². The molecule has 1 atom stereocenters. The van der Waals surface area contributed by atoms with Crippen LogP contribution in [0.4, 0.5) is 10.5 Å². The number of aromatic nitrogens is 2. The van der Waals surface area contributed by atoms with E-state index < -0.39 is 6.09 Å². The molecule has 0 saturated heterocycles. The molecule has 35 heavy (non-hydrogen) atoms. The van der Waals surface area contributed by atoms with Crippen molar-refractivity contribution in [1.82, 2.24) is 9.55 Å². The Labute approximate surface area is 201 Å². The lowest BCUT2D eigenvalue weighted by atomic mass is 9.98. The van der Waals surface area contributed by atoms with Crippen LogP contribution in [0.2, 0.25) is 0 Å². The molecule has 3 heterocycles. The summed E-state index contributed by atoms with van der Waals surface area (Å²) in [6.07, 6.45) is 3.89. The number of nitrogens with one attached hydrogen (secondary N) is 1.